The maximum absolute atomic E-state index is 12.1. The number of benzene rings is 1. The van der Waals surface area contributed by atoms with Gasteiger partial charge in [0.1, 0.15) is 11.4 Å². The van der Waals surface area contributed by atoms with Gasteiger partial charge in [-0.05, 0) is 80.0 Å². The fourth-order valence-electron chi connectivity index (χ4n) is 3.74. The number of pyridine rings is 1. The SMILES string of the molecule is CCOC(=O)C(Oc1c(C)cc(-c2noc(-c3cc(C)c(CC(C)C)cn3)n2)cc1CC)C(=O)O. The fraction of sp³-hybridized carbons (Fsp3) is 0.423. The van der Waals surface area contributed by atoms with Crippen LogP contribution in [0.3, 0.4) is 0 Å². The van der Waals surface area contributed by atoms with Crippen LogP contribution in [0.5, 0.6) is 5.75 Å². The van der Waals surface area contributed by atoms with Gasteiger partial charge in [-0.25, -0.2) is 9.59 Å². The van der Waals surface area contributed by atoms with Crippen LogP contribution in [0.4, 0.5) is 0 Å². The van der Waals surface area contributed by atoms with Gasteiger partial charge in [0.2, 0.25) is 5.82 Å². The van der Waals surface area contributed by atoms with Crippen molar-refractivity contribution in [2.45, 2.75) is 60.5 Å². The summed E-state index contributed by atoms with van der Waals surface area (Å²) in [6, 6.07) is 5.50. The highest BCUT2D eigenvalue weighted by Gasteiger charge is 2.31. The summed E-state index contributed by atoms with van der Waals surface area (Å²) in [4.78, 5) is 32.7. The van der Waals surface area contributed by atoms with E-state index in [4.69, 9.17) is 14.0 Å². The van der Waals surface area contributed by atoms with Crippen LogP contribution in [0.1, 0.15) is 49.9 Å². The summed E-state index contributed by atoms with van der Waals surface area (Å²) < 4.78 is 15.9. The number of carboxylic acid groups (broad SMARTS) is 1. The van der Waals surface area contributed by atoms with Crippen molar-refractivity contribution < 1.29 is 28.7 Å². The monoisotopic (exact) mass is 481 g/mol. The van der Waals surface area contributed by atoms with Gasteiger partial charge in [-0.15, -0.1) is 0 Å². The molecule has 1 atom stereocenters. The Morgan fingerprint density at radius 1 is 1.09 bits per heavy atom. The molecule has 0 saturated heterocycles. The normalized spacial score (nSPS) is 12.0. The number of hydrogen-bond acceptors (Lipinski definition) is 8. The van der Waals surface area contributed by atoms with E-state index >= 15 is 0 Å². The summed E-state index contributed by atoms with van der Waals surface area (Å²) >= 11 is 0. The number of rotatable bonds is 10. The van der Waals surface area contributed by atoms with Gasteiger partial charge in [0.15, 0.2) is 0 Å². The molecule has 186 valence electrons. The average Bonchev–Trinajstić information content (AvgIpc) is 3.29. The maximum Gasteiger partial charge on any atom is 0.359 e. The van der Waals surface area contributed by atoms with E-state index in [1.165, 1.54) is 5.56 Å². The minimum absolute atomic E-state index is 0.0551. The van der Waals surface area contributed by atoms with Crippen molar-refractivity contribution in [2.24, 2.45) is 5.92 Å². The molecule has 3 rings (SSSR count). The van der Waals surface area contributed by atoms with E-state index in [2.05, 4.69) is 29.0 Å². The number of nitrogens with zero attached hydrogens (tertiary/aromatic N) is 3. The molecule has 35 heavy (non-hydrogen) atoms. The van der Waals surface area contributed by atoms with Crippen LogP contribution in [-0.4, -0.2) is 44.9 Å². The van der Waals surface area contributed by atoms with Crippen molar-refractivity contribution in [3.05, 3.63) is 46.6 Å². The molecule has 0 bridgehead atoms. The molecule has 0 spiro atoms. The number of carbonyl (C=O) groups excluding carboxylic acids is 1. The number of ether oxygens (including phenoxy) is 2. The standard InChI is InChI=1S/C26H31N3O6/c1-7-17-12-18(10-16(6)21(17)34-22(25(30)31)26(32)33-8-2)23-28-24(35-29-23)20-11-15(5)19(13-27-20)9-14(3)4/h10-14,22H,7-9H2,1-6H3,(H,30,31). The van der Waals surface area contributed by atoms with Crippen LogP contribution in [0.2, 0.25) is 0 Å². The number of carbonyl (C=O) groups is 2. The van der Waals surface area contributed by atoms with Gasteiger partial charge in [0, 0.05) is 11.8 Å². The van der Waals surface area contributed by atoms with Crippen molar-refractivity contribution >= 4 is 11.9 Å². The molecule has 1 N–H and O–H groups in total. The minimum atomic E-state index is -1.76. The predicted molar refractivity (Wildman–Crippen MR) is 129 cm³/mol. The predicted octanol–water partition coefficient (Wildman–Crippen LogP) is 4.57. The lowest BCUT2D eigenvalue weighted by Crippen LogP contribution is -2.37. The van der Waals surface area contributed by atoms with Gasteiger partial charge < -0.3 is 19.1 Å². The van der Waals surface area contributed by atoms with Crippen LogP contribution in [0, 0.1) is 19.8 Å². The molecule has 2 heterocycles. The molecule has 0 amide bonds. The zero-order valence-corrected chi connectivity index (χ0v) is 20.9. The van der Waals surface area contributed by atoms with Gasteiger partial charge in [-0.3, -0.25) is 4.98 Å². The first kappa shape index (κ1) is 25.9. The lowest BCUT2D eigenvalue weighted by atomic mass is 10.0. The van der Waals surface area contributed by atoms with Gasteiger partial charge in [0.05, 0.1) is 6.61 Å². The lowest BCUT2D eigenvalue weighted by molar-refractivity contribution is -0.162. The third-order valence-corrected chi connectivity index (χ3v) is 5.44. The molecule has 0 aliphatic carbocycles. The van der Waals surface area contributed by atoms with Crippen molar-refractivity contribution in [1.29, 1.82) is 0 Å². The highest BCUT2D eigenvalue weighted by Crippen LogP contribution is 2.32. The second kappa shape index (κ2) is 11.1. The van der Waals surface area contributed by atoms with E-state index in [-0.39, 0.29) is 6.61 Å². The van der Waals surface area contributed by atoms with E-state index in [0.29, 0.717) is 52.2 Å². The van der Waals surface area contributed by atoms with Crippen LogP contribution in [0.15, 0.2) is 28.9 Å². The average molecular weight is 482 g/mol. The van der Waals surface area contributed by atoms with Gasteiger partial charge in [-0.1, -0.05) is 25.9 Å². The van der Waals surface area contributed by atoms with Crippen molar-refractivity contribution in [3.63, 3.8) is 0 Å². The smallest absolute Gasteiger partial charge is 0.359 e. The summed E-state index contributed by atoms with van der Waals surface area (Å²) in [6.07, 6.45) is 1.57. The van der Waals surface area contributed by atoms with E-state index in [0.717, 1.165) is 12.0 Å². The Bertz CT molecular complexity index is 1220. The number of carboxylic acids is 1. The number of hydrogen-bond donors (Lipinski definition) is 1. The maximum atomic E-state index is 12.1. The first-order chi connectivity index (χ1) is 16.6. The molecule has 0 radical (unpaired) electrons. The van der Waals surface area contributed by atoms with E-state index in [9.17, 15) is 14.7 Å². The molecule has 9 nitrogen and oxygen atoms in total. The van der Waals surface area contributed by atoms with Crippen molar-refractivity contribution in [1.82, 2.24) is 15.1 Å². The third-order valence-electron chi connectivity index (χ3n) is 5.44. The molecule has 0 aliphatic rings. The van der Waals surface area contributed by atoms with Crippen LogP contribution >= 0.6 is 0 Å². The summed E-state index contributed by atoms with van der Waals surface area (Å²) in [5, 5.41) is 13.6. The number of esters is 1. The molecule has 0 aliphatic heterocycles. The quantitative estimate of drug-likeness (QED) is 0.327. The van der Waals surface area contributed by atoms with E-state index < -0.39 is 18.0 Å². The van der Waals surface area contributed by atoms with Crippen LogP contribution < -0.4 is 4.74 Å². The summed E-state index contributed by atoms with van der Waals surface area (Å²) in [5.41, 5.74) is 4.91. The minimum Gasteiger partial charge on any atom is -0.478 e. The molecular formula is C26H31N3O6. The van der Waals surface area contributed by atoms with Gasteiger partial charge >= 0.3 is 11.9 Å². The Morgan fingerprint density at radius 2 is 1.83 bits per heavy atom. The Labute approximate surface area is 204 Å². The second-order valence-electron chi connectivity index (χ2n) is 8.74. The molecular weight excluding hydrogens is 450 g/mol. The molecule has 0 saturated carbocycles. The van der Waals surface area contributed by atoms with Crippen LogP contribution in [0.25, 0.3) is 23.0 Å². The zero-order chi connectivity index (χ0) is 25.7. The topological polar surface area (TPSA) is 125 Å². The first-order valence-corrected chi connectivity index (χ1v) is 11.6. The van der Waals surface area contributed by atoms with Gasteiger partial charge in [-0.2, -0.15) is 4.98 Å². The summed E-state index contributed by atoms with van der Waals surface area (Å²) in [5.74, 6) is -0.839. The van der Waals surface area contributed by atoms with E-state index in [1.54, 1.807) is 26.0 Å². The lowest BCUT2D eigenvalue weighted by Gasteiger charge is -2.18. The molecule has 9 heteroatoms. The Balaban J connectivity index is 1.91. The van der Waals surface area contributed by atoms with Gasteiger partial charge in [0.25, 0.3) is 12.0 Å². The second-order valence-corrected chi connectivity index (χ2v) is 8.74. The Morgan fingerprint density at radius 3 is 2.43 bits per heavy atom. The Hall–Kier alpha value is -3.75. The number of aromatic nitrogens is 3. The van der Waals surface area contributed by atoms with Crippen molar-refractivity contribution in [2.75, 3.05) is 6.61 Å². The molecule has 2 aromatic heterocycles. The molecule has 0 fully saturated rings. The fourth-order valence-corrected chi connectivity index (χ4v) is 3.74. The molecule has 1 aromatic carbocycles. The largest absolute Gasteiger partial charge is 0.478 e. The number of aliphatic carboxylic acids is 1. The zero-order valence-electron chi connectivity index (χ0n) is 20.9. The van der Waals surface area contributed by atoms with Crippen molar-refractivity contribution in [3.8, 4) is 28.7 Å². The van der Waals surface area contributed by atoms with Crippen LogP contribution in [-0.2, 0) is 27.2 Å². The first-order valence-electron chi connectivity index (χ1n) is 11.6. The highest BCUT2D eigenvalue weighted by atomic mass is 16.6. The summed E-state index contributed by atoms with van der Waals surface area (Å²) in [7, 11) is 0. The highest BCUT2D eigenvalue weighted by molar-refractivity contribution is 5.97. The third kappa shape index (κ3) is 6.03. The molecule has 1 unspecified atom stereocenters. The summed E-state index contributed by atoms with van der Waals surface area (Å²) in [6.45, 7) is 11.7. The number of aryl methyl sites for hydroxylation is 3. The van der Waals surface area contributed by atoms with E-state index in [1.807, 2.05) is 26.1 Å². The Kier molecular flexibility index (Phi) is 8.22. The molecule has 3 aromatic rings.